The van der Waals surface area contributed by atoms with E-state index in [1.165, 1.54) is 18.2 Å². The van der Waals surface area contributed by atoms with Crippen molar-refractivity contribution in [3.8, 4) is 5.75 Å². The molecule has 0 heterocycles. The molecule has 0 aliphatic rings. The Kier molecular flexibility index (Phi) is 9.08. The standard InChI is InChI=1S/C24H35NO4Si/c1-20(28)25-24(18-26,19-27)15-14-21-10-12-22(13-11-21)29-16-7-17-30(2,3)23-8-5-4-6-9-23/h4-6,8-13,26-27H,7,14-19H2,1-3H3,(H,25,28). The van der Waals surface area contributed by atoms with Gasteiger partial charge in [-0.3, -0.25) is 4.79 Å². The van der Waals surface area contributed by atoms with Gasteiger partial charge >= 0.3 is 0 Å². The number of rotatable bonds is 12. The lowest BCUT2D eigenvalue weighted by atomic mass is 9.92. The van der Waals surface area contributed by atoms with E-state index in [1.54, 1.807) is 0 Å². The van der Waals surface area contributed by atoms with Crippen LogP contribution >= 0.6 is 0 Å². The van der Waals surface area contributed by atoms with Gasteiger partial charge in [0.15, 0.2) is 0 Å². The minimum Gasteiger partial charge on any atom is -0.494 e. The van der Waals surface area contributed by atoms with Crippen LogP contribution in [-0.4, -0.2) is 49.6 Å². The Hall–Kier alpha value is -2.15. The quantitative estimate of drug-likeness (QED) is 0.358. The summed E-state index contributed by atoms with van der Waals surface area (Å²) in [6.45, 7) is 6.28. The van der Waals surface area contributed by atoms with E-state index in [9.17, 15) is 15.0 Å². The first kappa shape index (κ1) is 24.1. The zero-order valence-corrected chi connectivity index (χ0v) is 19.4. The third-order valence-corrected chi connectivity index (χ3v) is 9.13. The number of hydrogen-bond donors (Lipinski definition) is 3. The van der Waals surface area contributed by atoms with Crippen LogP contribution in [0.5, 0.6) is 5.75 Å². The predicted molar refractivity (Wildman–Crippen MR) is 124 cm³/mol. The summed E-state index contributed by atoms with van der Waals surface area (Å²) in [7, 11) is -1.43. The summed E-state index contributed by atoms with van der Waals surface area (Å²) < 4.78 is 5.92. The van der Waals surface area contributed by atoms with Crippen LogP contribution in [0, 0.1) is 0 Å². The van der Waals surface area contributed by atoms with E-state index in [1.807, 2.05) is 24.3 Å². The van der Waals surface area contributed by atoms with E-state index >= 15 is 0 Å². The summed E-state index contributed by atoms with van der Waals surface area (Å²) in [4.78, 5) is 11.4. The molecule has 3 N–H and O–H groups in total. The summed E-state index contributed by atoms with van der Waals surface area (Å²) in [6, 6.07) is 19.8. The number of benzene rings is 2. The third kappa shape index (κ3) is 7.27. The van der Waals surface area contributed by atoms with Crippen LogP contribution in [-0.2, 0) is 11.2 Å². The molecule has 0 saturated carbocycles. The molecule has 0 aliphatic heterocycles. The predicted octanol–water partition coefficient (Wildman–Crippen LogP) is 2.86. The third-order valence-electron chi connectivity index (χ3n) is 5.63. The lowest BCUT2D eigenvalue weighted by Gasteiger charge is -2.30. The van der Waals surface area contributed by atoms with E-state index in [4.69, 9.17) is 4.74 Å². The molecule has 5 nitrogen and oxygen atoms in total. The molecule has 2 aromatic rings. The Labute approximate surface area is 181 Å². The van der Waals surface area contributed by atoms with Crippen LogP contribution < -0.4 is 15.2 Å². The Balaban J connectivity index is 1.80. The molecule has 0 saturated heterocycles. The number of aliphatic hydroxyl groups excluding tert-OH is 2. The first-order valence-electron chi connectivity index (χ1n) is 10.6. The van der Waals surface area contributed by atoms with E-state index in [2.05, 4.69) is 48.7 Å². The normalized spacial score (nSPS) is 11.9. The number of aliphatic hydroxyl groups is 2. The summed E-state index contributed by atoms with van der Waals surface area (Å²) in [5, 5.41) is 23.4. The van der Waals surface area contributed by atoms with Crippen molar-refractivity contribution in [1.29, 1.82) is 0 Å². The molecule has 0 fully saturated rings. The van der Waals surface area contributed by atoms with Crippen LogP contribution in [0.4, 0.5) is 0 Å². The molecule has 0 radical (unpaired) electrons. The van der Waals surface area contributed by atoms with Gasteiger partial charge in [0, 0.05) is 6.92 Å². The SMILES string of the molecule is CC(=O)NC(CO)(CO)CCc1ccc(OCCC[Si](C)(C)c2ccccc2)cc1. The van der Waals surface area contributed by atoms with Crippen molar-refractivity contribution in [2.24, 2.45) is 0 Å². The van der Waals surface area contributed by atoms with Crippen LogP contribution in [0.2, 0.25) is 19.1 Å². The van der Waals surface area contributed by atoms with Gasteiger partial charge in [0.2, 0.25) is 5.91 Å². The molecule has 30 heavy (non-hydrogen) atoms. The summed E-state index contributed by atoms with van der Waals surface area (Å²) in [5.41, 5.74) is 0.0767. The second-order valence-corrected chi connectivity index (χ2v) is 13.5. The first-order valence-corrected chi connectivity index (χ1v) is 13.8. The van der Waals surface area contributed by atoms with E-state index in [0.717, 1.165) is 17.7 Å². The maximum atomic E-state index is 11.4. The van der Waals surface area contributed by atoms with Crippen LogP contribution in [0.15, 0.2) is 54.6 Å². The molecule has 0 atom stereocenters. The number of carbonyl (C=O) groups is 1. The zero-order chi connectivity index (χ0) is 22.0. The van der Waals surface area contributed by atoms with Gasteiger partial charge < -0.3 is 20.3 Å². The van der Waals surface area contributed by atoms with Crippen molar-refractivity contribution >= 4 is 19.2 Å². The van der Waals surface area contributed by atoms with Crippen molar-refractivity contribution in [3.63, 3.8) is 0 Å². The Morgan fingerprint density at radius 2 is 1.67 bits per heavy atom. The molecule has 0 unspecified atom stereocenters. The van der Waals surface area contributed by atoms with Gasteiger partial charge in [-0.2, -0.15) is 0 Å². The van der Waals surface area contributed by atoms with E-state index in [0.29, 0.717) is 19.4 Å². The molecule has 1 amide bonds. The molecule has 0 bridgehead atoms. The molecule has 0 aromatic heterocycles. The number of aryl methyl sites for hydroxylation is 1. The van der Waals surface area contributed by atoms with Gasteiger partial charge in [-0.1, -0.05) is 66.8 Å². The lowest BCUT2D eigenvalue weighted by molar-refractivity contribution is -0.122. The first-order chi connectivity index (χ1) is 14.3. The lowest BCUT2D eigenvalue weighted by Crippen LogP contribution is -2.53. The fourth-order valence-electron chi connectivity index (χ4n) is 3.60. The van der Waals surface area contributed by atoms with Crippen molar-refractivity contribution in [2.75, 3.05) is 19.8 Å². The maximum absolute atomic E-state index is 11.4. The van der Waals surface area contributed by atoms with Crippen LogP contribution in [0.3, 0.4) is 0 Å². The van der Waals surface area contributed by atoms with Gasteiger partial charge in [-0.15, -0.1) is 0 Å². The average molecular weight is 430 g/mol. The smallest absolute Gasteiger partial charge is 0.217 e. The van der Waals surface area contributed by atoms with E-state index in [-0.39, 0.29) is 19.1 Å². The summed E-state index contributed by atoms with van der Waals surface area (Å²) in [5.74, 6) is 0.579. The minimum atomic E-state index is -1.43. The van der Waals surface area contributed by atoms with Crippen molar-refractivity contribution in [2.45, 2.75) is 50.9 Å². The molecule has 164 valence electrons. The fourth-order valence-corrected chi connectivity index (χ4v) is 6.01. The average Bonchev–Trinajstić information content (AvgIpc) is 2.75. The van der Waals surface area contributed by atoms with Crippen molar-refractivity contribution in [3.05, 3.63) is 60.2 Å². The van der Waals surface area contributed by atoms with Gasteiger partial charge in [-0.05, 0) is 37.0 Å². The van der Waals surface area contributed by atoms with Crippen LogP contribution in [0.25, 0.3) is 0 Å². The molecule has 0 spiro atoms. The molecular formula is C24H35NO4Si. The van der Waals surface area contributed by atoms with E-state index < -0.39 is 13.6 Å². The number of amides is 1. The van der Waals surface area contributed by atoms with Crippen molar-refractivity contribution < 1.29 is 19.7 Å². The van der Waals surface area contributed by atoms with Gasteiger partial charge in [0.1, 0.15) is 5.75 Å². The zero-order valence-electron chi connectivity index (χ0n) is 18.4. The number of carbonyl (C=O) groups excluding carboxylic acids is 1. The summed E-state index contributed by atoms with van der Waals surface area (Å²) >= 11 is 0. The Morgan fingerprint density at radius 3 is 2.23 bits per heavy atom. The minimum absolute atomic E-state index is 0.264. The highest BCUT2D eigenvalue weighted by Gasteiger charge is 2.29. The fraction of sp³-hybridized carbons (Fsp3) is 0.458. The molecule has 6 heteroatoms. The van der Waals surface area contributed by atoms with Gasteiger partial charge in [0.25, 0.3) is 0 Å². The Morgan fingerprint density at radius 1 is 1.03 bits per heavy atom. The molecule has 2 rings (SSSR count). The topological polar surface area (TPSA) is 78.8 Å². The largest absolute Gasteiger partial charge is 0.494 e. The number of nitrogens with one attached hydrogen (secondary N) is 1. The summed E-state index contributed by atoms with van der Waals surface area (Å²) in [6.07, 6.45) is 2.12. The second-order valence-electron chi connectivity index (χ2n) is 8.62. The number of ether oxygens (including phenoxy) is 1. The molecule has 2 aromatic carbocycles. The highest BCUT2D eigenvalue weighted by molar-refractivity contribution is 6.89. The van der Waals surface area contributed by atoms with Crippen molar-refractivity contribution in [1.82, 2.24) is 5.32 Å². The second kappa shape index (κ2) is 11.3. The number of hydrogen-bond acceptors (Lipinski definition) is 4. The Bertz CT molecular complexity index is 774. The highest BCUT2D eigenvalue weighted by Crippen LogP contribution is 2.19. The van der Waals surface area contributed by atoms with Gasteiger partial charge in [-0.25, -0.2) is 0 Å². The maximum Gasteiger partial charge on any atom is 0.217 e. The molecular weight excluding hydrogens is 394 g/mol. The van der Waals surface area contributed by atoms with Crippen LogP contribution in [0.1, 0.15) is 25.3 Å². The highest BCUT2D eigenvalue weighted by atomic mass is 28.3. The monoisotopic (exact) mass is 429 g/mol. The van der Waals surface area contributed by atoms with Gasteiger partial charge in [0.05, 0.1) is 33.4 Å². The molecule has 0 aliphatic carbocycles.